The molecule has 1 aliphatic heterocycles. The third-order valence-electron chi connectivity index (χ3n) is 11.5. The van der Waals surface area contributed by atoms with Gasteiger partial charge in [0.2, 0.25) is 0 Å². The second kappa shape index (κ2) is 14.1. The van der Waals surface area contributed by atoms with Gasteiger partial charge in [0, 0.05) is 28.0 Å². The van der Waals surface area contributed by atoms with Gasteiger partial charge in [-0.15, -0.1) is 0 Å². The third-order valence-corrected chi connectivity index (χ3v) is 11.5. The molecule has 10 aromatic rings. The standard InChI is InChI=1S/C56H37NO/c1-2-10-38(11-3-1)40-20-22-41(23-21-40)42-26-30-47(31-27-42)57(48-32-28-43(29-33-48)45-25-24-39-12-4-5-13-44(39)36-45)49-15-8-14-46(37-49)50-34-35-55-56-52(50)17-9-18-53(56)51-16-6-7-19-54(51)58-55/h1-37H. The van der Waals surface area contributed by atoms with Crippen LogP contribution in [0.3, 0.4) is 0 Å². The van der Waals surface area contributed by atoms with Crippen molar-refractivity contribution in [2.45, 2.75) is 0 Å². The summed E-state index contributed by atoms with van der Waals surface area (Å²) in [7, 11) is 0. The van der Waals surface area contributed by atoms with E-state index in [1.54, 1.807) is 0 Å². The molecule has 1 aliphatic rings. The first-order chi connectivity index (χ1) is 28.7. The minimum Gasteiger partial charge on any atom is -0.456 e. The highest BCUT2D eigenvalue weighted by Crippen LogP contribution is 2.49. The Morgan fingerprint density at radius 3 is 1.57 bits per heavy atom. The Morgan fingerprint density at radius 2 is 0.828 bits per heavy atom. The Morgan fingerprint density at radius 1 is 0.276 bits per heavy atom. The van der Waals surface area contributed by atoms with Crippen LogP contribution >= 0.6 is 0 Å². The summed E-state index contributed by atoms with van der Waals surface area (Å²) < 4.78 is 6.44. The van der Waals surface area contributed by atoms with Crippen LogP contribution in [-0.2, 0) is 0 Å². The molecule has 1 heterocycles. The molecule has 0 N–H and O–H groups in total. The quantitative estimate of drug-likeness (QED) is 0.161. The SMILES string of the molecule is c1ccc(-c2ccc(-c3ccc(N(c4ccc(-c5ccc6ccccc6c5)cc4)c4cccc(-c5ccc6c7c(cccc57)-c5ccccc5O6)c4)cc3)cc2)cc1. The molecule has 0 saturated heterocycles. The van der Waals surface area contributed by atoms with Crippen molar-refractivity contribution < 1.29 is 4.74 Å². The van der Waals surface area contributed by atoms with Crippen LogP contribution in [-0.4, -0.2) is 0 Å². The van der Waals surface area contributed by atoms with Crippen molar-refractivity contribution in [3.05, 3.63) is 224 Å². The van der Waals surface area contributed by atoms with Gasteiger partial charge in [0.1, 0.15) is 11.5 Å². The Balaban J connectivity index is 0.992. The summed E-state index contributed by atoms with van der Waals surface area (Å²) in [4.78, 5) is 2.36. The normalized spacial score (nSPS) is 11.6. The largest absolute Gasteiger partial charge is 0.456 e. The molecule has 0 aliphatic carbocycles. The molecule has 11 rings (SSSR count). The molecule has 0 aromatic heterocycles. The molecular weight excluding hydrogens is 703 g/mol. The highest BCUT2D eigenvalue weighted by molar-refractivity contribution is 6.10. The van der Waals surface area contributed by atoms with Gasteiger partial charge in [-0.3, -0.25) is 0 Å². The lowest BCUT2D eigenvalue weighted by Crippen LogP contribution is -2.10. The van der Waals surface area contributed by atoms with Crippen LogP contribution in [0, 0.1) is 0 Å². The van der Waals surface area contributed by atoms with Crippen LogP contribution in [0.25, 0.3) is 77.2 Å². The van der Waals surface area contributed by atoms with Crippen molar-refractivity contribution in [2.24, 2.45) is 0 Å². The van der Waals surface area contributed by atoms with Crippen molar-refractivity contribution in [2.75, 3.05) is 4.90 Å². The first kappa shape index (κ1) is 33.6. The predicted molar refractivity (Wildman–Crippen MR) is 243 cm³/mol. The lowest BCUT2D eigenvalue weighted by molar-refractivity contribution is 0.487. The number of ether oxygens (including phenoxy) is 1. The summed E-state index contributed by atoms with van der Waals surface area (Å²) in [6, 6.07) is 80.7. The Hall–Kier alpha value is -7.68. The van der Waals surface area contributed by atoms with Crippen molar-refractivity contribution in [3.63, 3.8) is 0 Å². The highest BCUT2D eigenvalue weighted by atomic mass is 16.5. The van der Waals surface area contributed by atoms with Crippen LogP contribution < -0.4 is 9.64 Å². The van der Waals surface area contributed by atoms with E-state index in [-0.39, 0.29) is 0 Å². The fourth-order valence-corrected chi connectivity index (χ4v) is 8.55. The molecule has 0 radical (unpaired) electrons. The van der Waals surface area contributed by atoms with E-state index in [4.69, 9.17) is 4.74 Å². The second-order valence-electron chi connectivity index (χ2n) is 14.9. The molecule has 58 heavy (non-hydrogen) atoms. The zero-order chi connectivity index (χ0) is 38.4. The maximum Gasteiger partial charge on any atom is 0.135 e. The molecule has 0 amide bonds. The van der Waals surface area contributed by atoms with E-state index in [2.05, 4.69) is 217 Å². The number of hydrogen-bond acceptors (Lipinski definition) is 2. The van der Waals surface area contributed by atoms with Gasteiger partial charge < -0.3 is 9.64 Å². The maximum atomic E-state index is 6.44. The number of rotatable bonds is 7. The van der Waals surface area contributed by atoms with Gasteiger partial charge in [-0.05, 0) is 121 Å². The van der Waals surface area contributed by atoms with E-state index < -0.39 is 0 Å². The summed E-state index contributed by atoms with van der Waals surface area (Å²) in [6.07, 6.45) is 0. The van der Waals surface area contributed by atoms with E-state index in [0.29, 0.717) is 0 Å². The minimum atomic E-state index is 0.895. The average Bonchev–Trinajstić information content (AvgIpc) is 3.30. The number of para-hydroxylation sites is 1. The van der Waals surface area contributed by atoms with Crippen LogP contribution in [0.1, 0.15) is 0 Å². The van der Waals surface area contributed by atoms with E-state index in [1.165, 1.54) is 60.7 Å². The molecule has 10 aromatic carbocycles. The van der Waals surface area contributed by atoms with E-state index in [1.807, 2.05) is 12.1 Å². The Kier molecular flexibility index (Phi) is 8.19. The predicted octanol–water partition coefficient (Wildman–Crippen LogP) is 15.9. The van der Waals surface area contributed by atoms with Crippen LogP contribution in [0.15, 0.2) is 224 Å². The molecule has 0 saturated carbocycles. The second-order valence-corrected chi connectivity index (χ2v) is 14.9. The molecule has 272 valence electrons. The summed E-state index contributed by atoms with van der Waals surface area (Å²) in [6.45, 7) is 0. The minimum absolute atomic E-state index is 0.895. The van der Waals surface area contributed by atoms with Gasteiger partial charge >= 0.3 is 0 Å². The number of benzene rings is 10. The summed E-state index contributed by atoms with van der Waals surface area (Å²) in [5, 5.41) is 4.82. The van der Waals surface area contributed by atoms with Gasteiger partial charge in [0.15, 0.2) is 0 Å². The van der Waals surface area contributed by atoms with Crippen molar-refractivity contribution >= 4 is 38.6 Å². The van der Waals surface area contributed by atoms with Crippen molar-refractivity contribution in [1.29, 1.82) is 0 Å². The lowest BCUT2D eigenvalue weighted by Gasteiger charge is -2.27. The van der Waals surface area contributed by atoms with Gasteiger partial charge in [0.05, 0.1) is 0 Å². The molecular formula is C56H37NO. The maximum absolute atomic E-state index is 6.44. The number of hydrogen-bond donors (Lipinski definition) is 0. The van der Waals surface area contributed by atoms with Crippen molar-refractivity contribution in [3.8, 4) is 67.1 Å². The van der Waals surface area contributed by atoms with Crippen LogP contribution in [0.5, 0.6) is 11.5 Å². The fraction of sp³-hybridized carbons (Fsp3) is 0. The monoisotopic (exact) mass is 739 g/mol. The van der Waals surface area contributed by atoms with E-state index >= 15 is 0 Å². The summed E-state index contributed by atoms with van der Waals surface area (Å²) in [5.41, 5.74) is 15.1. The molecule has 2 heteroatoms. The number of anilines is 3. The van der Waals surface area contributed by atoms with Crippen LogP contribution in [0.2, 0.25) is 0 Å². The van der Waals surface area contributed by atoms with Crippen molar-refractivity contribution in [1.82, 2.24) is 0 Å². The molecule has 0 atom stereocenters. The topological polar surface area (TPSA) is 12.5 Å². The average molecular weight is 740 g/mol. The molecule has 0 fully saturated rings. The zero-order valence-corrected chi connectivity index (χ0v) is 31.7. The summed E-state index contributed by atoms with van der Waals surface area (Å²) in [5.74, 6) is 1.79. The van der Waals surface area contributed by atoms with E-state index in [9.17, 15) is 0 Å². The lowest BCUT2D eigenvalue weighted by atomic mass is 9.90. The number of nitrogens with zero attached hydrogens (tertiary/aromatic N) is 1. The first-order valence-corrected chi connectivity index (χ1v) is 19.8. The smallest absolute Gasteiger partial charge is 0.135 e. The number of fused-ring (bicyclic) bond motifs is 3. The van der Waals surface area contributed by atoms with Gasteiger partial charge in [-0.25, -0.2) is 0 Å². The summed E-state index contributed by atoms with van der Waals surface area (Å²) >= 11 is 0. The van der Waals surface area contributed by atoms with Gasteiger partial charge in [-0.1, -0.05) is 170 Å². The Bertz CT molecular complexity index is 3110. The molecule has 0 unspecified atom stereocenters. The molecule has 2 nitrogen and oxygen atoms in total. The van der Waals surface area contributed by atoms with Gasteiger partial charge in [-0.2, -0.15) is 0 Å². The van der Waals surface area contributed by atoms with Crippen LogP contribution in [0.4, 0.5) is 17.1 Å². The molecule has 0 bridgehead atoms. The highest BCUT2D eigenvalue weighted by Gasteiger charge is 2.22. The first-order valence-electron chi connectivity index (χ1n) is 19.8. The Labute approximate surface area is 338 Å². The van der Waals surface area contributed by atoms with E-state index in [0.717, 1.165) is 45.1 Å². The third kappa shape index (κ3) is 6.00. The fourth-order valence-electron chi connectivity index (χ4n) is 8.55. The van der Waals surface area contributed by atoms with Gasteiger partial charge in [0.25, 0.3) is 0 Å². The molecule has 0 spiro atoms. The zero-order valence-electron chi connectivity index (χ0n) is 31.7.